The number of fused-ring (bicyclic) bond motifs is 1. The van der Waals surface area contributed by atoms with E-state index in [-0.39, 0.29) is 5.60 Å². The lowest BCUT2D eigenvalue weighted by Crippen LogP contribution is -2.50. The summed E-state index contributed by atoms with van der Waals surface area (Å²) in [4.78, 5) is 11.9. The summed E-state index contributed by atoms with van der Waals surface area (Å²) in [6, 6.07) is 18.3. The number of carbonyl (C=O) groups excluding carboxylic acids is 1. The van der Waals surface area contributed by atoms with Crippen LogP contribution in [0.3, 0.4) is 0 Å². The van der Waals surface area contributed by atoms with Crippen molar-refractivity contribution in [1.29, 1.82) is 5.26 Å². The number of piperazine rings is 1. The predicted octanol–water partition coefficient (Wildman–Crippen LogP) is 3.92. The van der Waals surface area contributed by atoms with Crippen LogP contribution in [0.1, 0.15) is 33.3 Å². The Labute approximate surface area is 189 Å². The molecular formula is C25H29N5O2. The van der Waals surface area contributed by atoms with Gasteiger partial charge in [0.15, 0.2) is 5.82 Å². The van der Waals surface area contributed by atoms with E-state index < -0.39 is 0 Å². The SMILES string of the molecule is CC(C)(C)OC=O.C[C@H]1CNCCN1c1nnc(-c2ccc(C#N)cc2)c2ccccc12. The van der Waals surface area contributed by atoms with Crippen molar-refractivity contribution in [2.75, 3.05) is 24.5 Å². The zero-order chi connectivity index (χ0) is 23.1. The maximum absolute atomic E-state index is 9.60. The molecule has 0 unspecified atom stereocenters. The van der Waals surface area contributed by atoms with Gasteiger partial charge in [0, 0.05) is 42.0 Å². The van der Waals surface area contributed by atoms with Crippen LogP contribution in [0, 0.1) is 11.3 Å². The Kier molecular flexibility index (Phi) is 7.39. The second kappa shape index (κ2) is 10.2. The van der Waals surface area contributed by atoms with Gasteiger partial charge in [-0.3, -0.25) is 4.79 Å². The maximum atomic E-state index is 9.60. The summed E-state index contributed by atoms with van der Waals surface area (Å²) in [6.45, 7) is 11.0. The summed E-state index contributed by atoms with van der Waals surface area (Å²) in [5.74, 6) is 0.946. The molecule has 32 heavy (non-hydrogen) atoms. The average Bonchev–Trinajstić information content (AvgIpc) is 2.79. The van der Waals surface area contributed by atoms with E-state index in [1.807, 2.05) is 57.2 Å². The van der Waals surface area contributed by atoms with Gasteiger partial charge in [-0.05, 0) is 39.8 Å². The topological polar surface area (TPSA) is 91.1 Å². The van der Waals surface area contributed by atoms with Gasteiger partial charge in [0.1, 0.15) is 11.3 Å². The van der Waals surface area contributed by atoms with Crippen LogP contribution in [0.2, 0.25) is 0 Å². The van der Waals surface area contributed by atoms with Crippen LogP contribution in [0.15, 0.2) is 48.5 Å². The number of hydrogen-bond donors (Lipinski definition) is 1. The fourth-order valence-corrected chi connectivity index (χ4v) is 3.52. The first-order valence-electron chi connectivity index (χ1n) is 10.7. The number of rotatable bonds is 3. The van der Waals surface area contributed by atoms with Crippen molar-refractivity contribution in [3.05, 3.63) is 54.1 Å². The summed E-state index contributed by atoms with van der Waals surface area (Å²) < 4.78 is 4.55. The van der Waals surface area contributed by atoms with Crippen molar-refractivity contribution in [2.45, 2.75) is 39.3 Å². The van der Waals surface area contributed by atoms with Gasteiger partial charge in [0.05, 0.1) is 11.6 Å². The Balaban J connectivity index is 0.000000360. The Bertz CT molecular complexity index is 1100. The van der Waals surface area contributed by atoms with Crippen LogP contribution in [0.25, 0.3) is 22.0 Å². The number of anilines is 1. The minimum absolute atomic E-state index is 0.318. The van der Waals surface area contributed by atoms with E-state index in [1.54, 1.807) is 0 Å². The zero-order valence-corrected chi connectivity index (χ0v) is 19.0. The number of hydrogen-bond acceptors (Lipinski definition) is 7. The number of benzene rings is 2. The predicted molar refractivity (Wildman–Crippen MR) is 126 cm³/mol. The molecule has 7 heteroatoms. The molecule has 166 valence electrons. The molecule has 0 aliphatic carbocycles. The first-order valence-corrected chi connectivity index (χ1v) is 10.7. The molecule has 0 amide bonds. The molecule has 1 fully saturated rings. The molecule has 0 radical (unpaired) electrons. The van der Waals surface area contributed by atoms with Gasteiger partial charge in [-0.15, -0.1) is 10.2 Å². The van der Waals surface area contributed by atoms with E-state index in [4.69, 9.17) is 5.26 Å². The average molecular weight is 432 g/mol. The third-order valence-corrected chi connectivity index (χ3v) is 5.13. The molecule has 1 saturated heterocycles. The number of nitrogens with one attached hydrogen (secondary N) is 1. The zero-order valence-electron chi connectivity index (χ0n) is 19.0. The molecule has 1 aliphatic heterocycles. The minimum Gasteiger partial charge on any atom is -0.462 e. The van der Waals surface area contributed by atoms with E-state index in [0.717, 1.165) is 47.5 Å². The van der Waals surface area contributed by atoms with Gasteiger partial charge in [-0.25, -0.2) is 0 Å². The van der Waals surface area contributed by atoms with Crippen LogP contribution < -0.4 is 10.2 Å². The van der Waals surface area contributed by atoms with Crippen molar-refractivity contribution in [3.8, 4) is 17.3 Å². The number of nitrogens with zero attached hydrogens (tertiary/aromatic N) is 4. The normalized spacial score (nSPS) is 16.0. The van der Waals surface area contributed by atoms with E-state index in [2.05, 4.69) is 50.3 Å². The van der Waals surface area contributed by atoms with E-state index in [1.165, 1.54) is 0 Å². The molecule has 0 spiro atoms. The molecule has 1 aromatic heterocycles. The van der Waals surface area contributed by atoms with Crippen molar-refractivity contribution in [1.82, 2.24) is 15.5 Å². The summed E-state index contributed by atoms with van der Waals surface area (Å²) in [6.07, 6.45) is 0. The first kappa shape index (κ1) is 23.2. The van der Waals surface area contributed by atoms with Crippen LogP contribution in [0.5, 0.6) is 0 Å². The maximum Gasteiger partial charge on any atom is 0.293 e. The van der Waals surface area contributed by atoms with E-state index >= 15 is 0 Å². The largest absolute Gasteiger partial charge is 0.462 e. The van der Waals surface area contributed by atoms with E-state index in [0.29, 0.717) is 18.1 Å². The number of aromatic nitrogens is 2. The van der Waals surface area contributed by atoms with Crippen molar-refractivity contribution < 1.29 is 9.53 Å². The monoisotopic (exact) mass is 431 g/mol. The Morgan fingerprint density at radius 2 is 1.81 bits per heavy atom. The molecule has 1 atom stereocenters. The first-order chi connectivity index (χ1) is 15.3. The Hall–Kier alpha value is -3.50. The lowest BCUT2D eigenvalue weighted by atomic mass is 10.0. The third kappa shape index (κ3) is 5.59. The van der Waals surface area contributed by atoms with Crippen LogP contribution in [0.4, 0.5) is 5.82 Å². The summed E-state index contributed by atoms with van der Waals surface area (Å²) in [7, 11) is 0. The van der Waals surface area contributed by atoms with Gasteiger partial charge in [-0.1, -0.05) is 36.4 Å². The summed E-state index contributed by atoms with van der Waals surface area (Å²) >= 11 is 0. The third-order valence-electron chi connectivity index (χ3n) is 5.13. The second-order valence-electron chi connectivity index (χ2n) is 8.68. The van der Waals surface area contributed by atoms with Gasteiger partial charge < -0.3 is 15.0 Å². The standard InChI is InChI=1S/C20H19N5.C5H10O2/c1-14-13-22-10-11-25(14)20-18-5-3-2-4-17(18)19(23-24-20)16-8-6-15(12-21)7-9-16;1-5(2,3)7-4-6/h2-9,14,22H,10-11,13H2,1H3;4H,1-3H3/t14-;/m0./s1. The highest BCUT2D eigenvalue weighted by molar-refractivity contribution is 6.00. The van der Waals surface area contributed by atoms with Gasteiger partial charge >= 0.3 is 0 Å². The molecular weight excluding hydrogens is 402 g/mol. The highest BCUT2D eigenvalue weighted by Crippen LogP contribution is 2.32. The Morgan fingerprint density at radius 3 is 2.38 bits per heavy atom. The smallest absolute Gasteiger partial charge is 0.293 e. The minimum atomic E-state index is -0.318. The number of carbonyl (C=O) groups is 1. The molecule has 0 bridgehead atoms. The summed E-state index contributed by atoms with van der Waals surface area (Å²) in [5, 5.41) is 23.7. The number of ether oxygens (including phenoxy) is 1. The van der Waals surface area contributed by atoms with Gasteiger partial charge in [0.25, 0.3) is 6.47 Å². The number of nitriles is 1. The molecule has 2 aromatic carbocycles. The quantitative estimate of drug-likeness (QED) is 0.628. The van der Waals surface area contributed by atoms with Crippen molar-refractivity contribution in [2.24, 2.45) is 0 Å². The van der Waals surface area contributed by atoms with Crippen molar-refractivity contribution in [3.63, 3.8) is 0 Å². The molecule has 0 saturated carbocycles. The highest BCUT2D eigenvalue weighted by Gasteiger charge is 2.22. The molecule has 1 N–H and O–H groups in total. The van der Waals surface area contributed by atoms with Gasteiger partial charge in [-0.2, -0.15) is 5.26 Å². The molecule has 7 nitrogen and oxygen atoms in total. The lowest BCUT2D eigenvalue weighted by molar-refractivity contribution is -0.138. The molecule has 3 aromatic rings. The molecule has 1 aliphatic rings. The second-order valence-corrected chi connectivity index (χ2v) is 8.68. The van der Waals surface area contributed by atoms with Crippen LogP contribution in [-0.2, 0) is 9.53 Å². The van der Waals surface area contributed by atoms with Crippen molar-refractivity contribution >= 4 is 23.1 Å². The molecule has 4 rings (SSSR count). The lowest BCUT2D eigenvalue weighted by Gasteiger charge is -2.35. The van der Waals surface area contributed by atoms with Gasteiger partial charge in [0.2, 0.25) is 0 Å². The van der Waals surface area contributed by atoms with Crippen LogP contribution >= 0.6 is 0 Å². The van der Waals surface area contributed by atoms with Crippen LogP contribution in [-0.4, -0.2) is 47.9 Å². The fraction of sp³-hybridized carbons (Fsp3) is 0.360. The summed E-state index contributed by atoms with van der Waals surface area (Å²) in [5.41, 5.74) is 2.16. The molecule has 2 heterocycles. The fourth-order valence-electron chi connectivity index (χ4n) is 3.52. The Morgan fingerprint density at radius 1 is 1.12 bits per heavy atom. The highest BCUT2D eigenvalue weighted by atomic mass is 16.5. The van der Waals surface area contributed by atoms with E-state index in [9.17, 15) is 4.79 Å².